The molecule has 10 nitrogen and oxygen atoms in total. The molecule has 2 rings (SSSR count). The van der Waals surface area contributed by atoms with E-state index in [1.165, 1.54) is 32.4 Å². The molecule has 11 heteroatoms. The van der Waals surface area contributed by atoms with Crippen LogP contribution in [0.1, 0.15) is 6.42 Å². The van der Waals surface area contributed by atoms with E-state index >= 15 is 0 Å². The van der Waals surface area contributed by atoms with Crippen LogP contribution >= 0.6 is 11.6 Å². The van der Waals surface area contributed by atoms with Crippen molar-refractivity contribution in [1.82, 2.24) is 4.90 Å². The van der Waals surface area contributed by atoms with Crippen molar-refractivity contribution in [3.05, 3.63) is 51.5 Å². The fourth-order valence-electron chi connectivity index (χ4n) is 2.70. The van der Waals surface area contributed by atoms with Gasteiger partial charge in [-0.2, -0.15) is 0 Å². The highest BCUT2D eigenvalue weighted by Gasteiger charge is 2.15. The Labute approximate surface area is 184 Å². The van der Waals surface area contributed by atoms with E-state index in [2.05, 4.69) is 10.6 Å². The van der Waals surface area contributed by atoms with Crippen molar-refractivity contribution in [2.24, 2.45) is 0 Å². The third-order valence-electron chi connectivity index (χ3n) is 4.24. The molecule has 0 aliphatic carbocycles. The van der Waals surface area contributed by atoms with E-state index in [1.807, 2.05) is 0 Å². The van der Waals surface area contributed by atoms with E-state index in [1.54, 1.807) is 30.1 Å². The van der Waals surface area contributed by atoms with Gasteiger partial charge in [-0.05, 0) is 31.3 Å². The normalized spacial score (nSPS) is 10.5. The van der Waals surface area contributed by atoms with Crippen molar-refractivity contribution in [3.63, 3.8) is 0 Å². The van der Waals surface area contributed by atoms with Crippen LogP contribution in [0.15, 0.2) is 36.4 Å². The third-order valence-corrected chi connectivity index (χ3v) is 4.47. The van der Waals surface area contributed by atoms with Crippen LogP contribution in [0.3, 0.4) is 0 Å². The number of ether oxygens (including phenoxy) is 2. The van der Waals surface area contributed by atoms with Crippen LogP contribution in [0.5, 0.6) is 11.5 Å². The molecular weight excluding hydrogens is 428 g/mol. The standard InChI is InChI=1S/C20H23ClN4O6/c1-24(12-20(27)23-15-10-13(21)4-6-17(15)30-2)9-8-19(26)22-16-11-14(25(28)29)5-7-18(16)31-3/h4-7,10-11H,8-9,12H2,1-3H3,(H,22,26)(H,23,27). The summed E-state index contributed by atoms with van der Waals surface area (Å²) in [6.45, 7) is 0.312. The first-order chi connectivity index (χ1) is 14.7. The van der Waals surface area contributed by atoms with Gasteiger partial charge in [-0.1, -0.05) is 11.6 Å². The molecular formula is C20H23ClN4O6. The van der Waals surface area contributed by atoms with Gasteiger partial charge in [-0.3, -0.25) is 24.6 Å². The number of likely N-dealkylation sites (N-methyl/N-ethyl adjacent to an activating group) is 1. The summed E-state index contributed by atoms with van der Waals surface area (Å²) in [4.78, 5) is 36.6. The van der Waals surface area contributed by atoms with E-state index < -0.39 is 4.92 Å². The number of carbonyl (C=O) groups excluding carboxylic acids is 2. The van der Waals surface area contributed by atoms with Gasteiger partial charge in [-0.15, -0.1) is 0 Å². The van der Waals surface area contributed by atoms with Gasteiger partial charge in [-0.25, -0.2) is 0 Å². The SMILES string of the molecule is COc1ccc([N+](=O)[O-])cc1NC(=O)CCN(C)CC(=O)Nc1cc(Cl)ccc1OC. The van der Waals surface area contributed by atoms with Gasteiger partial charge in [0, 0.05) is 30.1 Å². The lowest BCUT2D eigenvalue weighted by atomic mass is 10.2. The number of carbonyl (C=O) groups is 2. The smallest absolute Gasteiger partial charge is 0.271 e. The van der Waals surface area contributed by atoms with Gasteiger partial charge in [0.05, 0.1) is 37.1 Å². The van der Waals surface area contributed by atoms with Crippen LogP contribution in [0.4, 0.5) is 17.1 Å². The molecule has 0 saturated carbocycles. The van der Waals surface area contributed by atoms with Crippen LogP contribution in [0, 0.1) is 10.1 Å². The molecule has 0 radical (unpaired) electrons. The van der Waals surface area contributed by atoms with Crippen molar-refractivity contribution >= 4 is 40.5 Å². The first kappa shape index (κ1) is 23.9. The van der Waals surface area contributed by atoms with E-state index in [0.29, 0.717) is 22.2 Å². The summed E-state index contributed by atoms with van der Waals surface area (Å²) in [7, 11) is 4.58. The monoisotopic (exact) mass is 450 g/mol. The molecule has 0 bridgehead atoms. The molecule has 31 heavy (non-hydrogen) atoms. The number of nitro groups is 1. The van der Waals surface area contributed by atoms with Crippen LogP contribution in [-0.4, -0.2) is 56.0 Å². The second kappa shape index (κ2) is 11.1. The topological polar surface area (TPSA) is 123 Å². The van der Waals surface area contributed by atoms with Crippen molar-refractivity contribution in [2.75, 3.05) is 45.0 Å². The van der Waals surface area contributed by atoms with Crippen molar-refractivity contribution in [2.45, 2.75) is 6.42 Å². The van der Waals surface area contributed by atoms with Gasteiger partial charge < -0.3 is 20.1 Å². The van der Waals surface area contributed by atoms with E-state index in [9.17, 15) is 19.7 Å². The second-order valence-electron chi connectivity index (χ2n) is 6.57. The molecule has 0 aliphatic heterocycles. The number of non-ortho nitro benzene ring substituents is 1. The van der Waals surface area contributed by atoms with Gasteiger partial charge in [0.25, 0.3) is 5.69 Å². The maximum absolute atomic E-state index is 12.3. The predicted octanol–water partition coefficient (Wildman–Crippen LogP) is 3.16. The number of rotatable bonds is 10. The van der Waals surface area contributed by atoms with Gasteiger partial charge in [0.1, 0.15) is 11.5 Å². The summed E-state index contributed by atoms with van der Waals surface area (Å²) in [6.07, 6.45) is 0.0656. The van der Waals surface area contributed by atoms with Crippen LogP contribution in [-0.2, 0) is 9.59 Å². The van der Waals surface area contributed by atoms with Crippen LogP contribution < -0.4 is 20.1 Å². The molecule has 0 aromatic heterocycles. The number of benzene rings is 2. The van der Waals surface area contributed by atoms with Crippen molar-refractivity contribution < 1.29 is 24.0 Å². The molecule has 2 aromatic rings. The Balaban J connectivity index is 1.88. The number of amides is 2. The predicted molar refractivity (Wildman–Crippen MR) is 117 cm³/mol. The summed E-state index contributed by atoms with van der Waals surface area (Å²) in [6, 6.07) is 8.81. The molecule has 2 amide bonds. The highest BCUT2D eigenvalue weighted by atomic mass is 35.5. The molecule has 0 aliphatic rings. The number of hydrogen-bond acceptors (Lipinski definition) is 7. The molecule has 2 N–H and O–H groups in total. The molecule has 0 atom stereocenters. The highest BCUT2D eigenvalue weighted by molar-refractivity contribution is 6.31. The number of methoxy groups -OCH3 is 2. The zero-order chi connectivity index (χ0) is 23.0. The Kier molecular flexibility index (Phi) is 8.59. The Hall–Kier alpha value is -3.37. The number of nitro benzene ring substituents is 1. The fourth-order valence-corrected chi connectivity index (χ4v) is 2.88. The maximum atomic E-state index is 12.3. The number of anilines is 2. The zero-order valence-electron chi connectivity index (χ0n) is 17.3. The average molecular weight is 451 g/mol. The quantitative estimate of drug-likeness (QED) is 0.421. The van der Waals surface area contributed by atoms with Gasteiger partial charge >= 0.3 is 0 Å². The first-order valence-corrected chi connectivity index (χ1v) is 9.55. The van der Waals surface area contributed by atoms with Crippen molar-refractivity contribution in [1.29, 1.82) is 0 Å². The fraction of sp³-hybridized carbons (Fsp3) is 0.300. The number of halogens is 1. The molecule has 0 spiro atoms. The summed E-state index contributed by atoms with van der Waals surface area (Å²) in [5.41, 5.74) is 0.486. The Morgan fingerprint density at radius 1 is 1.03 bits per heavy atom. The molecule has 166 valence electrons. The summed E-state index contributed by atoms with van der Waals surface area (Å²) >= 11 is 5.95. The Morgan fingerprint density at radius 3 is 2.23 bits per heavy atom. The number of hydrogen-bond donors (Lipinski definition) is 2. The zero-order valence-corrected chi connectivity index (χ0v) is 18.1. The molecule has 2 aromatic carbocycles. The van der Waals surface area contributed by atoms with E-state index in [4.69, 9.17) is 21.1 Å². The maximum Gasteiger partial charge on any atom is 0.271 e. The lowest BCUT2D eigenvalue weighted by Crippen LogP contribution is -2.32. The Bertz CT molecular complexity index is 969. The molecule has 0 fully saturated rings. The van der Waals surface area contributed by atoms with Crippen LogP contribution in [0.25, 0.3) is 0 Å². The molecule has 0 unspecified atom stereocenters. The van der Waals surface area contributed by atoms with Crippen molar-refractivity contribution in [3.8, 4) is 11.5 Å². The average Bonchev–Trinajstić information content (AvgIpc) is 2.72. The minimum Gasteiger partial charge on any atom is -0.495 e. The minimum atomic E-state index is -0.559. The largest absolute Gasteiger partial charge is 0.495 e. The summed E-state index contributed by atoms with van der Waals surface area (Å²) < 4.78 is 10.3. The molecule has 0 heterocycles. The second-order valence-corrected chi connectivity index (χ2v) is 7.01. The first-order valence-electron chi connectivity index (χ1n) is 9.17. The Morgan fingerprint density at radius 2 is 1.61 bits per heavy atom. The number of nitrogens with zero attached hydrogens (tertiary/aromatic N) is 2. The molecule has 0 saturated heterocycles. The highest BCUT2D eigenvalue weighted by Crippen LogP contribution is 2.29. The lowest BCUT2D eigenvalue weighted by Gasteiger charge is -2.17. The van der Waals surface area contributed by atoms with Crippen LogP contribution in [0.2, 0.25) is 5.02 Å². The minimum absolute atomic E-state index is 0.0308. The summed E-state index contributed by atoms with van der Waals surface area (Å²) in [5, 5.41) is 16.7. The number of nitrogens with one attached hydrogen (secondary N) is 2. The third kappa shape index (κ3) is 7.12. The van der Waals surface area contributed by atoms with E-state index in [0.717, 1.165) is 0 Å². The van der Waals surface area contributed by atoms with Gasteiger partial charge in [0.15, 0.2) is 0 Å². The summed E-state index contributed by atoms with van der Waals surface area (Å²) in [5.74, 6) is 0.110. The lowest BCUT2D eigenvalue weighted by molar-refractivity contribution is -0.384. The van der Waals surface area contributed by atoms with Gasteiger partial charge in [0.2, 0.25) is 11.8 Å². The van der Waals surface area contributed by atoms with E-state index in [-0.39, 0.29) is 42.7 Å².